The summed E-state index contributed by atoms with van der Waals surface area (Å²) in [7, 11) is 0. The van der Waals surface area contributed by atoms with Crippen LogP contribution in [-0.4, -0.2) is 54.3 Å². The number of nitrogens with zero attached hydrogens (tertiary/aromatic N) is 3. The van der Waals surface area contributed by atoms with Gasteiger partial charge in [0.25, 0.3) is 0 Å². The zero-order chi connectivity index (χ0) is 18.5. The molecule has 3 aromatic rings. The van der Waals surface area contributed by atoms with Crippen LogP contribution in [0.15, 0.2) is 42.9 Å². The largest absolute Gasteiger partial charge is 0.394 e. The van der Waals surface area contributed by atoms with Crippen LogP contribution in [0.2, 0.25) is 0 Å². The van der Waals surface area contributed by atoms with Gasteiger partial charge >= 0.3 is 0 Å². The third-order valence-corrected chi connectivity index (χ3v) is 4.80. The predicted molar refractivity (Wildman–Crippen MR) is 90.5 cm³/mol. The minimum Gasteiger partial charge on any atom is -0.394 e. The Kier molecular flexibility index (Phi) is 4.00. The highest BCUT2D eigenvalue weighted by atomic mass is 19.1. The maximum Gasteiger partial charge on any atom is 0.167 e. The van der Waals surface area contributed by atoms with E-state index in [2.05, 4.69) is 9.97 Å². The lowest BCUT2D eigenvalue weighted by Crippen LogP contribution is -2.44. The quantitative estimate of drug-likeness (QED) is 0.651. The molecule has 136 valence electrons. The molecule has 0 unspecified atom stereocenters. The van der Waals surface area contributed by atoms with E-state index in [-0.39, 0.29) is 11.0 Å². The van der Waals surface area contributed by atoms with Gasteiger partial charge in [0.15, 0.2) is 12.0 Å². The van der Waals surface area contributed by atoms with Crippen molar-refractivity contribution in [2.75, 3.05) is 6.61 Å². The van der Waals surface area contributed by atoms with Crippen molar-refractivity contribution in [3.63, 3.8) is 0 Å². The van der Waals surface area contributed by atoms with Crippen molar-refractivity contribution < 1.29 is 24.4 Å². The van der Waals surface area contributed by atoms with E-state index < -0.39 is 36.5 Å². The van der Waals surface area contributed by atoms with Crippen LogP contribution in [0, 0.1) is 5.82 Å². The summed E-state index contributed by atoms with van der Waals surface area (Å²) in [6.45, 7) is 0.904. The molecule has 0 saturated carbocycles. The SMILES string of the molecule is C[C@]1(O)[C@H](O)[C@@H](CO)O[C@H]1n1cc(F)c2c(-c3ccccc3)ncnc21. The van der Waals surface area contributed by atoms with Gasteiger partial charge in [-0.3, -0.25) is 4.57 Å². The van der Waals surface area contributed by atoms with Crippen LogP contribution in [-0.2, 0) is 4.74 Å². The molecule has 1 saturated heterocycles. The first-order valence-corrected chi connectivity index (χ1v) is 8.18. The van der Waals surface area contributed by atoms with Crippen molar-refractivity contribution in [2.45, 2.75) is 31.0 Å². The molecule has 26 heavy (non-hydrogen) atoms. The number of aliphatic hydroxyl groups excluding tert-OH is 2. The second-order valence-corrected chi connectivity index (χ2v) is 6.55. The van der Waals surface area contributed by atoms with Gasteiger partial charge < -0.3 is 20.1 Å². The predicted octanol–water partition coefficient (Wildman–Crippen LogP) is 1.24. The summed E-state index contributed by atoms with van der Waals surface area (Å²) in [6, 6.07) is 9.12. The van der Waals surface area contributed by atoms with E-state index in [9.17, 15) is 19.7 Å². The Labute approximate surface area is 148 Å². The van der Waals surface area contributed by atoms with E-state index in [1.165, 1.54) is 17.8 Å². The molecular formula is C18H18FN3O4. The van der Waals surface area contributed by atoms with Gasteiger partial charge in [-0.05, 0) is 6.92 Å². The minimum absolute atomic E-state index is 0.194. The summed E-state index contributed by atoms with van der Waals surface area (Å²) >= 11 is 0. The topological polar surface area (TPSA) is 101 Å². The summed E-state index contributed by atoms with van der Waals surface area (Å²) in [5.74, 6) is -0.569. The third kappa shape index (κ3) is 2.42. The van der Waals surface area contributed by atoms with Crippen molar-refractivity contribution in [1.82, 2.24) is 14.5 Å². The van der Waals surface area contributed by atoms with Gasteiger partial charge in [-0.2, -0.15) is 0 Å². The highest BCUT2D eigenvalue weighted by molar-refractivity contribution is 5.91. The average Bonchev–Trinajstić information content (AvgIpc) is 3.10. The number of hydrogen-bond donors (Lipinski definition) is 3. The molecule has 1 fully saturated rings. The van der Waals surface area contributed by atoms with Crippen LogP contribution in [0.25, 0.3) is 22.3 Å². The fourth-order valence-electron chi connectivity index (χ4n) is 3.42. The number of ether oxygens (including phenoxy) is 1. The van der Waals surface area contributed by atoms with Gasteiger partial charge in [-0.15, -0.1) is 0 Å². The van der Waals surface area contributed by atoms with Gasteiger partial charge in [0.05, 0.1) is 17.7 Å². The maximum atomic E-state index is 14.8. The molecule has 0 spiro atoms. The molecule has 2 aromatic heterocycles. The van der Waals surface area contributed by atoms with E-state index in [4.69, 9.17) is 4.74 Å². The highest BCUT2D eigenvalue weighted by Gasteiger charge is 2.53. The summed E-state index contributed by atoms with van der Waals surface area (Å²) in [4.78, 5) is 8.35. The molecule has 7 nitrogen and oxygen atoms in total. The zero-order valence-electron chi connectivity index (χ0n) is 14.0. The number of halogens is 1. The third-order valence-electron chi connectivity index (χ3n) is 4.80. The Morgan fingerprint density at radius 1 is 1.27 bits per heavy atom. The lowest BCUT2D eigenvalue weighted by atomic mass is 9.96. The molecule has 0 aliphatic carbocycles. The lowest BCUT2D eigenvalue weighted by Gasteiger charge is -2.27. The fraction of sp³-hybridized carbons (Fsp3) is 0.333. The first-order chi connectivity index (χ1) is 12.4. The first kappa shape index (κ1) is 17.0. The molecule has 1 aliphatic heterocycles. The molecular weight excluding hydrogens is 341 g/mol. The molecule has 3 N–H and O–H groups in total. The standard InChI is InChI=1S/C18H18FN3O4/c1-18(25)15(24)12(8-23)26-17(18)22-7-11(19)13-14(20-9-21-16(13)22)10-5-3-2-4-6-10/h2-7,9,12,15,17,23-25H,8H2,1H3/t12-,15-,17-,18+/m1/s1. The van der Waals surface area contributed by atoms with Gasteiger partial charge in [0, 0.05) is 11.8 Å². The van der Waals surface area contributed by atoms with Gasteiger partial charge in [0.2, 0.25) is 0 Å². The number of hydrogen-bond acceptors (Lipinski definition) is 6. The van der Waals surface area contributed by atoms with Crippen molar-refractivity contribution in [1.29, 1.82) is 0 Å². The van der Waals surface area contributed by atoms with Crippen molar-refractivity contribution in [2.24, 2.45) is 0 Å². The minimum atomic E-state index is -1.73. The molecule has 0 bridgehead atoms. The summed E-state index contributed by atoms with van der Waals surface area (Å²) in [5, 5.41) is 30.4. The number of rotatable bonds is 3. The van der Waals surface area contributed by atoms with Crippen LogP contribution in [0.5, 0.6) is 0 Å². The second kappa shape index (κ2) is 6.10. The van der Waals surface area contributed by atoms with Gasteiger partial charge in [0.1, 0.15) is 29.8 Å². The first-order valence-electron chi connectivity index (χ1n) is 8.18. The fourth-order valence-corrected chi connectivity index (χ4v) is 3.42. The number of fused-ring (bicyclic) bond motifs is 1. The van der Waals surface area contributed by atoms with E-state index >= 15 is 0 Å². The number of aliphatic hydroxyl groups is 3. The second-order valence-electron chi connectivity index (χ2n) is 6.55. The monoisotopic (exact) mass is 359 g/mol. The molecule has 1 aliphatic rings. The molecule has 4 atom stereocenters. The molecule has 8 heteroatoms. The Morgan fingerprint density at radius 3 is 2.65 bits per heavy atom. The maximum absolute atomic E-state index is 14.8. The number of aromatic nitrogens is 3. The van der Waals surface area contributed by atoms with E-state index in [1.54, 1.807) is 0 Å². The average molecular weight is 359 g/mol. The molecule has 0 radical (unpaired) electrons. The summed E-state index contributed by atoms with van der Waals surface area (Å²) in [6.07, 6.45) is -0.943. The van der Waals surface area contributed by atoms with Crippen molar-refractivity contribution in [3.8, 4) is 11.3 Å². The smallest absolute Gasteiger partial charge is 0.167 e. The van der Waals surface area contributed by atoms with Gasteiger partial charge in [-0.25, -0.2) is 14.4 Å². The Bertz CT molecular complexity index is 944. The van der Waals surface area contributed by atoms with Crippen LogP contribution in [0.3, 0.4) is 0 Å². The molecule has 0 amide bonds. The van der Waals surface area contributed by atoms with Crippen LogP contribution >= 0.6 is 0 Å². The molecule has 4 rings (SSSR count). The zero-order valence-corrected chi connectivity index (χ0v) is 14.0. The van der Waals surface area contributed by atoms with Crippen molar-refractivity contribution in [3.05, 3.63) is 48.7 Å². The normalized spacial score (nSPS) is 28.7. The Morgan fingerprint density at radius 2 is 2.00 bits per heavy atom. The Hall–Kier alpha value is -2.39. The lowest BCUT2D eigenvalue weighted by molar-refractivity contribution is -0.0949. The van der Waals surface area contributed by atoms with E-state index in [0.717, 1.165) is 11.8 Å². The van der Waals surface area contributed by atoms with Crippen LogP contribution < -0.4 is 0 Å². The molecule has 1 aromatic carbocycles. The van der Waals surface area contributed by atoms with E-state index in [1.807, 2.05) is 30.3 Å². The van der Waals surface area contributed by atoms with E-state index in [0.29, 0.717) is 5.69 Å². The summed E-state index contributed by atoms with van der Waals surface area (Å²) < 4.78 is 21.7. The highest BCUT2D eigenvalue weighted by Crippen LogP contribution is 2.41. The van der Waals surface area contributed by atoms with Crippen LogP contribution in [0.1, 0.15) is 13.2 Å². The molecule has 3 heterocycles. The van der Waals surface area contributed by atoms with Crippen molar-refractivity contribution >= 4 is 11.0 Å². The van der Waals surface area contributed by atoms with Gasteiger partial charge in [-0.1, -0.05) is 30.3 Å². The summed E-state index contributed by atoms with van der Waals surface area (Å²) in [5.41, 5.74) is -0.357. The Balaban J connectivity index is 1.89. The number of benzene rings is 1. The van der Waals surface area contributed by atoms with Crippen LogP contribution in [0.4, 0.5) is 4.39 Å².